The van der Waals surface area contributed by atoms with Crippen LogP contribution in [0.2, 0.25) is 0 Å². The molecule has 5 nitrogen and oxygen atoms in total. The molecule has 3 aliphatic rings. The molecule has 1 N–H and O–H groups in total. The van der Waals surface area contributed by atoms with E-state index in [2.05, 4.69) is 15.2 Å². The Balaban J connectivity index is 1.38. The molecular weight excluding hydrogens is 362 g/mol. The van der Waals surface area contributed by atoms with Crippen molar-refractivity contribution < 1.29 is 9.53 Å². The van der Waals surface area contributed by atoms with E-state index in [-0.39, 0.29) is 5.91 Å². The summed E-state index contributed by atoms with van der Waals surface area (Å²) in [4.78, 5) is 20.0. The summed E-state index contributed by atoms with van der Waals surface area (Å²) in [5.41, 5.74) is 0. The van der Waals surface area contributed by atoms with Crippen LogP contribution < -0.4 is 10.1 Å². The third-order valence-electron chi connectivity index (χ3n) is 4.62. The zero-order valence-electron chi connectivity index (χ0n) is 13.4. The molecule has 0 radical (unpaired) electrons. The highest BCUT2D eigenvalue weighted by Crippen LogP contribution is 2.38. The van der Waals surface area contributed by atoms with Crippen molar-refractivity contribution in [3.05, 3.63) is 23.2 Å². The van der Waals surface area contributed by atoms with Gasteiger partial charge in [-0.25, -0.2) is 4.98 Å². The number of nitrogens with zero attached hydrogens (tertiary/aromatic N) is 2. The molecule has 2 aromatic heterocycles. The quantitative estimate of drug-likeness (QED) is 0.862. The first kappa shape index (κ1) is 16.4. The molecule has 1 atom stereocenters. The van der Waals surface area contributed by atoms with E-state index in [0.717, 1.165) is 19.8 Å². The summed E-state index contributed by atoms with van der Waals surface area (Å²) in [5, 5.41) is 3.91. The predicted molar refractivity (Wildman–Crippen MR) is 97.5 cm³/mol. The minimum absolute atomic E-state index is 0.0625. The van der Waals surface area contributed by atoms with Crippen molar-refractivity contribution >= 4 is 40.3 Å². The van der Waals surface area contributed by atoms with Gasteiger partial charge < -0.3 is 15.0 Å². The number of thiazole rings is 1. The topological polar surface area (TPSA) is 54.5 Å². The minimum Gasteiger partial charge on any atom is -0.473 e. The number of methoxy groups -OCH3 is 1. The van der Waals surface area contributed by atoms with Crippen molar-refractivity contribution in [2.75, 3.05) is 26.7 Å². The van der Waals surface area contributed by atoms with Gasteiger partial charge in [0, 0.05) is 12.6 Å². The zero-order chi connectivity index (χ0) is 16.5. The molecule has 0 unspecified atom stereocenters. The first-order valence-electron chi connectivity index (χ1n) is 8.02. The normalized spacial score (nSPS) is 25.6. The van der Waals surface area contributed by atoms with Crippen LogP contribution in [0, 0.1) is 5.92 Å². The summed E-state index contributed by atoms with van der Waals surface area (Å²) >= 11 is 4.68. The van der Waals surface area contributed by atoms with Gasteiger partial charge in [0.25, 0.3) is 11.1 Å². The van der Waals surface area contributed by atoms with Crippen LogP contribution >= 0.6 is 34.4 Å². The van der Waals surface area contributed by atoms with E-state index in [1.165, 1.54) is 48.6 Å². The summed E-state index contributed by atoms with van der Waals surface area (Å²) in [6.07, 6.45) is 4.23. The molecule has 3 aliphatic heterocycles. The maximum absolute atomic E-state index is 12.5. The van der Waals surface area contributed by atoms with Gasteiger partial charge in [-0.3, -0.25) is 4.79 Å². The Labute approximate surface area is 153 Å². The molecule has 1 amide bonds. The van der Waals surface area contributed by atoms with Gasteiger partial charge >= 0.3 is 0 Å². The van der Waals surface area contributed by atoms with E-state index in [4.69, 9.17) is 4.74 Å². The van der Waals surface area contributed by atoms with Crippen LogP contribution in [-0.4, -0.2) is 48.6 Å². The second kappa shape index (κ2) is 7.03. The Bertz CT molecular complexity index is 722. The lowest BCUT2D eigenvalue weighted by atomic mass is 9.84. The van der Waals surface area contributed by atoms with Crippen molar-refractivity contribution in [3.63, 3.8) is 0 Å². The molecule has 24 heavy (non-hydrogen) atoms. The highest BCUT2D eigenvalue weighted by Gasteiger charge is 2.35. The van der Waals surface area contributed by atoms with E-state index in [1.54, 1.807) is 25.1 Å². The number of carbonyl (C=O) groups is 1. The Kier molecular flexibility index (Phi) is 4.80. The van der Waals surface area contributed by atoms with Crippen LogP contribution in [0.15, 0.2) is 26.7 Å². The third-order valence-corrected chi connectivity index (χ3v) is 7.89. The highest BCUT2D eigenvalue weighted by atomic mass is 32.2. The molecule has 2 aromatic rings. The van der Waals surface area contributed by atoms with E-state index in [0.29, 0.717) is 17.2 Å². The largest absolute Gasteiger partial charge is 0.473 e. The van der Waals surface area contributed by atoms with Crippen LogP contribution in [0.4, 0.5) is 0 Å². The van der Waals surface area contributed by atoms with Crippen LogP contribution in [-0.2, 0) is 0 Å². The standard InChI is InChI=1S/C16H19N3O2S3/c1-21-16-17-8-14(24-16)23-13-3-2-12(22-13)15(20)18-11-9-19-6-4-10(11)5-7-19/h2-3,8,10-11H,4-7,9H2,1H3,(H,18,20)/t11-/m0/s1. The lowest BCUT2D eigenvalue weighted by Gasteiger charge is -2.44. The third kappa shape index (κ3) is 3.46. The van der Waals surface area contributed by atoms with Gasteiger partial charge in [-0.1, -0.05) is 23.1 Å². The van der Waals surface area contributed by atoms with E-state index >= 15 is 0 Å². The summed E-state index contributed by atoms with van der Waals surface area (Å²) in [6, 6.07) is 4.23. The van der Waals surface area contributed by atoms with Gasteiger partial charge in [-0.05, 0) is 44.0 Å². The summed E-state index contributed by atoms with van der Waals surface area (Å²) in [7, 11) is 1.62. The summed E-state index contributed by atoms with van der Waals surface area (Å²) in [5.74, 6) is 0.713. The maximum Gasteiger partial charge on any atom is 0.273 e. The number of carbonyl (C=O) groups excluding carboxylic acids is 1. The number of nitrogens with one attached hydrogen (secondary N) is 1. The fraction of sp³-hybridized carbons (Fsp3) is 0.500. The van der Waals surface area contributed by atoms with Crippen molar-refractivity contribution in [2.45, 2.75) is 27.3 Å². The number of aromatic nitrogens is 1. The van der Waals surface area contributed by atoms with Crippen LogP contribution in [0.3, 0.4) is 0 Å². The van der Waals surface area contributed by atoms with Gasteiger partial charge in [-0.2, -0.15) is 0 Å². The van der Waals surface area contributed by atoms with Gasteiger partial charge in [0.15, 0.2) is 0 Å². The second-order valence-electron chi connectivity index (χ2n) is 6.09. The number of amides is 1. The number of hydrogen-bond donors (Lipinski definition) is 1. The summed E-state index contributed by atoms with van der Waals surface area (Å²) in [6.45, 7) is 3.38. The Morgan fingerprint density at radius 2 is 2.17 bits per heavy atom. The van der Waals surface area contributed by atoms with Gasteiger partial charge in [0.05, 0.1) is 26.6 Å². The fourth-order valence-electron chi connectivity index (χ4n) is 3.35. The van der Waals surface area contributed by atoms with Crippen LogP contribution in [0.5, 0.6) is 5.19 Å². The average Bonchev–Trinajstić information content (AvgIpc) is 3.26. The zero-order valence-corrected chi connectivity index (χ0v) is 15.8. The molecule has 0 aliphatic carbocycles. The highest BCUT2D eigenvalue weighted by molar-refractivity contribution is 8.02. The molecule has 3 fully saturated rings. The van der Waals surface area contributed by atoms with Gasteiger partial charge in [-0.15, -0.1) is 11.3 Å². The number of thiophene rings is 1. The van der Waals surface area contributed by atoms with E-state index in [1.807, 2.05) is 12.1 Å². The molecular formula is C16H19N3O2S3. The maximum atomic E-state index is 12.5. The Morgan fingerprint density at radius 1 is 1.33 bits per heavy atom. The predicted octanol–water partition coefficient (Wildman–Crippen LogP) is 3.19. The van der Waals surface area contributed by atoms with Gasteiger partial charge in [0.1, 0.15) is 0 Å². The smallest absolute Gasteiger partial charge is 0.273 e. The average molecular weight is 382 g/mol. The molecule has 5 rings (SSSR count). The fourth-order valence-corrected chi connectivity index (χ4v) is 6.41. The molecule has 0 spiro atoms. The lowest BCUT2D eigenvalue weighted by Crippen LogP contribution is -2.57. The molecule has 8 heteroatoms. The lowest BCUT2D eigenvalue weighted by molar-refractivity contribution is 0.0622. The second-order valence-corrected chi connectivity index (χ2v) is 9.77. The number of rotatable bonds is 5. The molecule has 3 saturated heterocycles. The van der Waals surface area contributed by atoms with Crippen molar-refractivity contribution in [1.29, 1.82) is 0 Å². The number of ether oxygens (including phenoxy) is 1. The monoisotopic (exact) mass is 381 g/mol. The number of piperidine rings is 3. The first-order valence-corrected chi connectivity index (χ1v) is 10.5. The number of hydrogen-bond acceptors (Lipinski definition) is 7. The van der Waals surface area contributed by atoms with Crippen molar-refractivity contribution in [2.24, 2.45) is 5.92 Å². The van der Waals surface area contributed by atoms with E-state index in [9.17, 15) is 4.79 Å². The molecule has 0 aromatic carbocycles. The molecule has 0 saturated carbocycles. The van der Waals surface area contributed by atoms with E-state index < -0.39 is 0 Å². The Hall–Kier alpha value is -1.09. The van der Waals surface area contributed by atoms with Crippen LogP contribution in [0.25, 0.3) is 0 Å². The molecule has 5 heterocycles. The Morgan fingerprint density at radius 3 is 2.83 bits per heavy atom. The molecule has 2 bridgehead atoms. The number of fused-ring (bicyclic) bond motifs is 3. The summed E-state index contributed by atoms with van der Waals surface area (Å²) < 4.78 is 7.28. The van der Waals surface area contributed by atoms with Crippen molar-refractivity contribution in [1.82, 2.24) is 15.2 Å². The van der Waals surface area contributed by atoms with Gasteiger partial charge in [0.2, 0.25) is 0 Å². The van der Waals surface area contributed by atoms with Crippen molar-refractivity contribution in [3.8, 4) is 5.19 Å². The SMILES string of the molecule is COc1ncc(Sc2ccc(C(=O)N[C@H]3CN4CCC3CC4)s2)s1. The molecule has 128 valence electrons. The first-order chi connectivity index (χ1) is 11.7. The van der Waals surface area contributed by atoms with Crippen LogP contribution in [0.1, 0.15) is 22.5 Å². The minimum atomic E-state index is 0.0625.